The standard InChI is InChI=1S/C19H25NO2/c1-16-8-10-17(11-9-16)15-22-19-7-4-3-6-18(19)14-20-12-5-13-21-2/h3-4,6-11,20H,5,12-15H2,1-2H3. The first-order chi connectivity index (χ1) is 10.8. The van der Waals surface area contributed by atoms with E-state index >= 15 is 0 Å². The van der Waals surface area contributed by atoms with Gasteiger partial charge in [-0.2, -0.15) is 0 Å². The molecule has 0 unspecified atom stereocenters. The summed E-state index contributed by atoms with van der Waals surface area (Å²) in [5.74, 6) is 0.947. The second-order valence-corrected chi connectivity index (χ2v) is 5.41. The Hall–Kier alpha value is -1.84. The summed E-state index contributed by atoms with van der Waals surface area (Å²) >= 11 is 0. The van der Waals surface area contributed by atoms with Gasteiger partial charge in [0.2, 0.25) is 0 Å². The SMILES string of the molecule is COCCCNCc1ccccc1OCc1ccc(C)cc1. The van der Waals surface area contributed by atoms with Crippen LogP contribution in [0.15, 0.2) is 48.5 Å². The predicted molar refractivity (Wildman–Crippen MR) is 90.2 cm³/mol. The average molecular weight is 299 g/mol. The Bertz CT molecular complexity index is 552. The zero-order valence-corrected chi connectivity index (χ0v) is 13.5. The molecule has 0 saturated carbocycles. The second kappa shape index (κ2) is 9.23. The monoisotopic (exact) mass is 299 g/mol. The van der Waals surface area contributed by atoms with Crippen molar-refractivity contribution in [1.29, 1.82) is 0 Å². The fourth-order valence-corrected chi connectivity index (χ4v) is 2.20. The zero-order chi connectivity index (χ0) is 15.6. The fourth-order valence-electron chi connectivity index (χ4n) is 2.20. The molecular formula is C19H25NO2. The normalized spacial score (nSPS) is 10.6. The van der Waals surface area contributed by atoms with E-state index in [0.29, 0.717) is 6.61 Å². The summed E-state index contributed by atoms with van der Waals surface area (Å²) < 4.78 is 11.0. The Morgan fingerprint density at radius 2 is 1.77 bits per heavy atom. The summed E-state index contributed by atoms with van der Waals surface area (Å²) in [5.41, 5.74) is 3.64. The molecule has 0 aliphatic carbocycles. The molecule has 0 spiro atoms. The van der Waals surface area contributed by atoms with Crippen LogP contribution < -0.4 is 10.1 Å². The number of aryl methyl sites for hydroxylation is 1. The van der Waals surface area contributed by atoms with Crippen molar-refractivity contribution in [2.75, 3.05) is 20.3 Å². The molecule has 0 saturated heterocycles. The van der Waals surface area contributed by atoms with Gasteiger partial charge in [-0.05, 0) is 31.5 Å². The molecule has 0 radical (unpaired) electrons. The topological polar surface area (TPSA) is 30.5 Å². The molecule has 1 N–H and O–H groups in total. The molecule has 0 aliphatic rings. The molecule has 0 heterocycles. The van der Waals surface area contributed by atoms with Crippen LogP contribution in [-0.4, -0.2) is 20.3 Å². The highest BCUT2D eigenvalue weighted by atomic mass is 16.5. The first kappa shape index (κ1) is 16.5. The first-order valence-electron chi connectivity index (χ1n) is 7.75. The van der Waals surface area contributed by atoms with Crippen molar-refractivity contribution >= 4 is 0 Å². The fraction of sp³-hybridized carbons (Fsp3) is 0.368. The summed E-state index contributed by atoms with van der Waals surface area (Å²) in [6.07, 6.45) is 1.02. The van der Waals surface area contributed by atoms with E-state index in [1.54, 1.807) is 7.11 Å². The van der Waals surface area contributed by atoms with E-state index in [0.717, 1.165) is 31.9 Å². The van der Waals surface area contributed by atoms with E-state index in [2.05, 4.69) is 42.6 Å². The van der Waals surface area contributed by atoms with E-state index in [1.807, 2.05) is 18.2 Å². The highest BCUT2D eigenvalue weighted by Crippen LogP contribution is 2.19. The molecule has 3 nitrogen and oxygen atoms in total. The van der Waals surface area contributed by atoms with Gasteiger partial charge in [0.1, 0.15) is 12.4 Å². The van der Waals surface area contributed by atoms with Crippen LogP contribution in [-0.2, 0) is 17.9 Å². The minimum absolute atomic E-state index is 0.598. The number of ether oxygens (including phenoxy) is 2. The first-order valence-corrected chi connectivity index (χ1v) is 7.75. The van der Waals surface area contributed by atoms with Gasteiger partial charge < -0.3 is 14.8 Å². The van der Waals surface area contributed by atoms with Gasteiger partial charge in [-0.25, -0.2) is 0 Å². The van der Waals surface area contributed by atoms with Gasteiger partial charge in [-0.1, -0.05) is 48.0 Å². The lowest BCUT2D eigenvalue weighted by Gasteiger charge is -2.12. The summed E-state index contributed by atoms with van der Waals surface area (Å²) in [6, 6.07) is 16.6. The summed E-state index contributed by atoms with van der Waals surface area (Å²) in [5, 5.41) is 3.42. The van der Waals surface area contributed by atoms with Crippen LogP contribution in [0.4, 0.5) is 0 Å². The predicted octanol–water partition coefficient (Wildman–Crippen LogP) is 3.70. The van der Waals surface area contributed by atoms with Crippen LogP contribution in [0.3, 0.4) is 0 Å². The van der Waals surface area contributed by atoms with Crippen molar-refractivity contribution in [3.05, 3.63) is 65.2 Å². The number of para-hydroxylation sites is 1. The van der Waals surface area contributed by atoms with E-state index in [4.69, 9.17) is 9.47 Å². The van der Waals surface area contributed by atoms with E-state index < -0.39 is 0 Å². The Labute approximate surface area is 133 Å². The third-order valence-corrected chi connectivity index (χ3v) is 3.51. The van der Waals surface area contributed by atoms with Gasteiger partial charge in [0.15, 0.2) is 0 Å². The van der Waals surface area contributed by atoms with E-state index in [9.17, 15) is 0 Å². The Morgan fingerprint density at radius 1 is 1.00 bits per heavy atom. The summed E-state index contributed by atoms with van der Waals surface area (Å²) in [7, 11) is 1.73. The molecular weight excluding hydrogens is 274 g/mol. The van der Waals surface area contributed by atoms with Crippen LogP contribution in [0.5, 0.6) is 5.75 Å². The van der Waals surface area contributed by atoms with E-state index in [-0.39, 0.29) is 0 Å². The Morgan fingerprint density at radius 3 is 2.55 bits per heavy atom. The summed E-state index contributed by atoms with van der Waals surface area (Å²) in [4.78, 5) is 0. The molecule has 0 fully saturated rings. The van der Waals surface area contributed by atoms with Gasteiger partial charge in [0.25, 0.3) is 0 Å². The molecule has 2 aromatic rings. The van der Waals surface area contributed by atoms with Crippen molar-refractivity contribution in [2.24, 2.45) is 0 Å². The van der Waals surface area contributed by atoms with Gasteiger partial charge in [-0.15, -0.1) is 0 Å². The van der Waals surface area contributed by atoms with Gasteiger partial charge in [0.05, 0.1) is 0 Å². The van der Waals surface area contributed by atoms with Crippen molar-refractivity contribution in [3.63, 3.8) is 0 Å². The number of nitrogens with one attached hydrogen (secondary N) is 1. The smallest absolute Gasteiger partial charge is 0.124 e. The van der Waals surface area contributed by atoms with Crippen molar-refractivity contribution in [2.45, 2.75) is 26.5 Å². The lowest BCUT2D eigenvalue weighted by molar-refractivity contribution is 0.194. The Kier molecular flexibility index (Phi) is 6.94. The molecule has 0 aliphatic heterocycles. The van der Waals surface area contributed by atoms with Crippen LogP contribution in [0.2, 0.25) is 0 Å². The number of rotatable bonds is 9. The molecule has 2 aromatic carbocycles. The van der Waals surface area contributed by atoms with Crippen LogP contribution in [0.1, 0.15) is 23.1 Å². The molecule has 22 heavy (non-hydrogen) atoms. The lowest BCUT2D eigenvalue weighted by atomic mass is 10.1. The molecule has 0 bridgehead atoms. The maximum atomic E-state index is 5.98. The number of benzene rings is 2. The minimum Gasteiger partial charge on any atom is -0.489 e. The molecule has 3 heteroatoms. The number of methoxy groups -OCH3 is 1. The number of hydrogen-bond donors (Lipinski definition) is 1. The number of hydrogen-bond acceptors (Lipinski definition) is 3. The van der Waals surface area contributed by atoms with Gasteiger partial charge in [0, 0.05) is 25.8 Å². The van der Waals surface area contributed by atoms with Crippen LogP contribution in [0, 0.1) is 6.92 Å². The van der Waals surface area contributed by atoms with Crippen molar-refractivity contribution < 1.29 is 9.47 Å². The maximum absolute atomic E-state index is 5.98. The molecule has 2 rings (SSSR count). The van der Waals surface area contributed by atoms with Crippen LogP contribution in [0.25, 0.3) is 0 Å². The molecule has 0 aromatic heterocycles. The Balaban J connectivity index is 1.86. The quantitative estimate of drug-likeness (QED) is 0.716. The third kappa shape index (κ3) is 5.51. The minimum atomic E-state index is 0.598. The third-order valence-electron chi connectivity index (χ3n) is 3.51. The molecule has 0 amide bonds. The highest BCUT2D eigenvalue weighted by molar-refractivity contribution is 5.33. The largest absolute Gasteiger partial charge is 0.489 e. The lowest BCUT2D eigenvalue weighted by Crippen LogP contribution is -2.16. The van der Waals surface area contributed by atoms with Gasteiger partial charge in [-0.3, -0.25) is 0 Å². The average Bonchev–Trinajstić information content (AvgIpc) is 2.55. The highest BCUT2D eigenvalue weighted by Gasteiger charge is 2.03. The van der Waals surface area contributed by atoms with Crippen molar-refractivity contribution in [3.8, 4) is 5.75 Å². The molecule has 0 atom stereocenters. The van der Waals surface area contributed by atoms with Crippen LogP contribution >= 0.6 is 0 Å². The van der Waals surface area contributed by atoms with Crippen molar-refractivity contribution in [1.82, 2.24) is 5.32 Å². The maximum Gasteiger partial charge on any atom is 0.124 e. The molecule has 118 valence electrons. The second-order valence-electron chi connectivity index (χ2n) is 5.41. The van der Waals surface area contributed by atoms with E-state index in [1.165, 1.54) is 16.7 Å². The summed E-state index contributed by atoms with van der Waals surface area (Å²) in [6.45, 7) is 5.24. The zero-order valence-electron chi connectivity index (χ0n) is 13.5. The van der Waals surface area contributed by atoms with Gasteiger partial charge >= 0.3 is 0 Å².